The molecule has 1 amide bonds. The highest BCUT2D eigenvalue weighted by atomic mass is 35.5. The Bertz CT molecular complexity index is 412. The average molecular weight is 268 g/mol. The van der Waals surface area contributed by atoms with Gasteiger partial charge in [0.1, 0.15) is 0 Å². The third-order valence-corrected chi connectivity index (χ3v) is 3.87. The van der Waals surface area contributed by atoms with Gasteiger partial charge in [-0.25, -0.2) is 4.79 Å². The fourth-order valence-electron chi connectivity index (χ4n) is 2.40. The number of nitrogens with one attached hydrogen (secondary N) is 1. The van der Waals surface area contributed by atoms with Crippen LogP contribution in [0.25, 0.3) is 0 Å². The summed E-state index contributed by atoms with van der Waals surface area (Å²) in [6.45, 7) is 2.84. The minimum atomic E-state index is -0.335. The van der Waals surface area contributed by atoms with E-state index in [0.29, 0.717) is 13.2 Å². The van der Waals surface area contributed by atoms with E-state index in [1.807, 2.05) is 24.3 Å². The van der Waals surface area contributed by atoms with Gasteiger partial charge in [0.2, 0.25) is 0 Å². The van der Waals surface area contributed by atoms with Gasteiger partial charge in [0, 0.05) is 17.0 Å². The Balaban J connectivity index is 2.02. The molecule has 3 nitrogen and oxygen atoms in total. The van der Waals surface area contributed by atoms with E-state index in [4.69, 9.17) is 16.3 Å². The third kappa shape index (κ3) is 2.78. The van der Waals surface area contributed by atoms with Crippen molar-refractivity contribution < 1.29 is 9.53 Å². The summed E-state index contributed by atoms with van der Waals surface area (Å²) < 4.78 is 4.89. The lowest BCUT2D eigenvalue weighted by molar-refractivity contribution is 0.143. The van der Waals surface area contributed by atoms with E-state index in [1.54, 1.807) is 6.92 Å². The molecule has 0 bridgehead atoms. The molecule has 0 heterocycles. The third-order valence-electron chi connectivity index (χ3n) is 3.61. The number of hydrogen-bond acceptors (Lipinski definition) is 2. The molecule has 1 N–H and O–H groups in total. The van der Waals surface area contributed by atoms with Gasteiger partial charge in [0.25, 0.3) is 0 Å². The molecule has 4 heteroatoms. The second-order valence-corrected chi connectivity index (χ2v) is 5.15. The minimum Gasteiger partial charge on any atom is -0.450 e. The number of halogens is 1. The van der Waals surface area contributed by atoms with Crippen molar-refractivity contribution in [2.75, 3.05) is 13.2 Å². The van der Waals surface area contributed by atoms with Crippen molar-refractivity contribution in [1.29, 1.82) is 0 Å². The summed E-state index contributed by atoms with van der Waals surface area (Å²) in [5, 5.41) is 3.59. The second-order valence-electron chi connectivity index (χ2n) is 4.71. The van der Waals surface area contributed by atoms with Gasteiger partial charge >= 0.3 is 6.09 Å². The SMILES string of the molecule is CCOC(=O)NCC1(c2ccc(Cl)cc2)CCC1. The number of carbonyl (C=O) groups excluding carboxylic acids is 1. The number of carbonyl (C=O) groups is 1. The maximum atomic E-state index is 11.4. The minimum absolute atomic E-state index is 0.0668. The largest absolute Gasteiger partial charge is 0.450 e. The summed E-state index contributed by atoms with van der Waals surface area (Å²) in [5.74, 6) is 0. The first kappa shape index (κ1) is 13.2. The number of alkyl carbamates (subject to hydrolysis) is 1. The molecule has 0 spiro atoms. The van der Waals surface area contributed by atoms with Gasteiger partial charge in [0.05, 0.1) is 6.61 Å². The topological polar surface area (TPSA) is 38.3 Å². The van der Waals surface area contributed by atoms with E-state index in [0.717, 1.165) is 17.9 Å². The first-order chi connectivity index (χ1) is 8.66. The molecule has 0 aliphatic heterocycles. The fourth-order valence-corrected chi connectivity index (χ4v) is 2.52. The molecule has 0 saturated heterocycles. The lowest BCUT2D eigenvalue weighted by Gasteiger charge is -2.42. The highest BCUT2D eigenvalue weighted by Gasteiger charge is 2.38. The molecular weight excluding hydrogens is 250 g/mol. The summed E-state index contributed by atoms with van der Waals surface area (Å²) in [6, 6.07) is 7.91. The highest BCUT2D eigenvalue weighted by Crippen LogP contribution is 2.43. The lowest BCUT2D eigenvalue weighted by Crippen LogP contribution is -2.45. The fraction of sp³-hybridized carbons (Fsp3) is 0.500. The molecule has 1 fully saturated rings. The van der Waals surface area contributed by atoms with E-state index in [9.17, 15) is 4.79 Å². The van der Waals surface area contributed by atoms with Gasteiger partial charge in [-0.1, -0.05) is 30.2 Å². The van der Waals surface area contributed by atoms with Gasteiger partial charge in [0.15, 0.2) is 0 Å². The highest BCUT2D eigenvalue weighted by molar-refractivity contribution is 6.30. The van der Waals surface area contributed by atoms with Crippen molar-refractivity contribution in [2.45, 2.75) is 31.6 Å². The van der Waals surface area contributed by atoms with Crippen molar-refractivity contribution in [1.82, 2.24) is 5.32 Å². The molecule has 0 atom stereocenters. The summed E-state index contributed by atoms with van der Waals surface area (Å²) in [6.07, 6.45) is 3.06. The van der Waals surface area contributed by atoms with Gasteiger partial charge in [-0.2, -0.15) is 0 Å². The molecular formula is C14H18ClNO2. The van der Waals surface area contributed by atoms with Crippen molar-refractivity contribution in [3.8, 4) is 0 Å². The Hall–Kier alpha value is -1.22. The number of amides is 1. The van der Waals surface area contributed by atoms with Crippen LogP contribution in [0, 0.1) is 0 Å². The zero-order valence-electron chi connectivity index (χ0n) is 10.5. The molecule has 1 aliphatic rings. The second kappa shape index (κ2) is 5.61. The molecule has 0 radical (unpaired) electrons. The first-order valence-electron chi connectivity index (χ1n) is 6.33. The first-order valence-corrected chi connectivity index (χ1v) is 6.71. The maximum absolute atomic E-state index is 11.4. The van der Waals surface area contributed by atoms with Gasteiger partial charge in [-0.15, -0.1) is 0 Å². The van der Waals surface area contributed by atoms with E-state index in [2.05, 4.69) is 5.32 Å². The van der Waals surface area contributed by atoms with Crippen LogP contribution in [-0.2, 0) is 10.2 Å². The van der Waals surface area contributed by atoms with Crippen LogP contribution < -0.4 is 5.32 Å². The Labute approximate surface area is 112 Å². The molecule has 1 aromatic rings. The van der Waals surface area contributed by atoms with Crippen LogP contribution in [0.3, 0.4) is 0 Å². The van der Waals surface area contributed by atoms with E-state index < -0.39 is 0 Å². The molecule has 98 valence electrons. The van der Waals surface area contributed by atoms with E-state index >= 15 is 0 Å². The predicted molar refractivity (Wildman–Crippen MR) is 72.0 cm³/mol. The van der Waals surface area contributed by atoms with Crippen molar-refractivity contribution in [2.24, 2.45) is 0 Å². The maximum Gasteiger partial charge on any atom is 0.407 e. The number of benzene rings is 1. The Morgan fingerprint density at radius 2 is 2.06 bits per heavy atom. The quantitative estimate of drug-likeness (QED) is 0.907. The van der Waals surface area contributed by atoms with Crippen LogP contribution in [0.15, 0.2) is 24.3 Å². The molecule has 18 heavy (non-hydrogen) atoms. The molecule has 2 rings (SSSR count). The van der Waals surface area contributed by atoms with Crippen molar-refractivity contribution in [3.05, 3.63) is 34.9 Å². The van der Waals surface area contributed by atoms with E-state index in [-0.39, 0.29) is 11.5 Å². The number of hydrogen-bond donors (Lipinski definition) is 1. The lowest BCUT2D eigenvalue weighted by atomic mass is 9.64. The summed E-state index contributed by atoms with van der Waals surface area (Å²) in [4.78, 5) is 11.4. The average Bonchev–Trinajstić information content (AvgIpc) is 2.30. The van der Waals surface area contributed by atoms with Gasteiger partial charge < -0.3 is 10.1 Å². The molecule has 1 saturated carbocycles. The molecule has 0 aromatic heterocycles. The van der Waals surface area contributed by atoms with Gasteiger partial charge in [-0.3, -0.25) is 0 Å². The van der Waals surface area contributed by atoms with Crippen LogP contribution in [0.2, 0.25) is 5.02 Å². The Morgan fingerprint density at radius 3 is 2.56 bits per heavy atom. The smallest absolute Gasteiger partial charge is 0.407 e. The Kier molecular flexibility index (Phi) is 4.12. The summed E-state index contributed by atoms with van der Waals surface area (Å²) in [5.41, 5.74) is 1.31. The normalized spacial score (nSPS) is 16.8. The predicted octanol–water partition coefficient (Wildman–Crippen LogP) is 3.51. The molecule has 1 aromatic carbocycles. The monoisotopic (exact) mass is 267 g/mol. The molecule has 0 unspecified atom stereocenters. The van der Waals surface area contributed by atoms with Crippen LogP contribution in [-0.4, -0.2) is 19.2 Å². The van der Waals surface area contributed by atoms with Crippen molar-refractivity contribution in [3.63, 3.8) is 0 Å². The number of rotatable bonds is 4. The van der Waals surface area contributed by atoms with Crippen LogP contribution >= 0.6 is 11.6 Å². The number of ether oxygens (including phenoxy) is 1. The van der Waals surface area contributed by atoms with Crippen LogP contribution in [0.5, 0.6) is 0 Å². The summed E-state index contributed by atoms with van der Waals surface area (Å²) in [7, 11) is 0. The van der Waals surface area contributed by atoms with Crippen LogP contribution in [0.1, 0.15) is 31.7 Å². The van der Waals surface area contributed by atoms with Crippen molar-refractivity contribution >= 4 is 17.7 Å². The molecule has 1 aliphatic carbocycles. The standard InChI is InChI=1S/C14H18ClNO2/c1-2-18-13(17)16-10-14(8-3-9-14)11-4-6-12(15)7-5-11/h4-7H,2-3,8-10H2,1H3,(H,16,17). The van der Waals surface area contributed by atoms with Gasteiger partial charge in [-0.05, 0) is 37.5 Å². The van der Waals surface area contributed by atoms with Crippen LogP contribution in [0.4, 0.5) is 4.79 Å². The zero-order chi connectivity index (χ0) is 13.0. The van der Waals surface area contributed by atoms with E-state index in [1.165, 1.54) is 12.0 Å². The zero-order valence-corrected chi connectivity index (χ0v) is 11.3. The summed E-state index contributed by atoms with van der Waals surface area (Å²) >= 11 is 5.90. The Morgan fingerprint density at radius 1 is 1.39 bits per heavy atom.